The Balaban J connectivity index is 0.977. The molecule has 1 aromatic heterocycles. The Bertz CT molecular complexity index is 2450. The van der Waals surface area contributed by atoms with Crippen LogP contribution in [0.5, 0.6) is 11.5 Å². The number of aromatic nitrogens is 3. The molecule has 7 heteroatoms. The molecule has 242 valence electrons. The van der Waals surface area contributed by atoms with Crippen molar-refractivity contribution in [3.8, 4) is 28.4 Å². The Morgan fingerprint density at radius 2 is 0.824 bits per heavy atom. The molecule has 0 amide bonds. The predicted octanol–water partition coefficient (Wildman–Crippen LogP) is 11.8. The highest BCUT2D eigenvalue weighted by atomic mass is 16.5. The topological polar surface area (TPSA) is 49.7 Å². The summed E-state index contributed by atoms with van der Waals surface area (Å²) >= 11 is 0. The van der Waals surface area contributed by atoms with Crippen molar-refractivity contribution in [1.82, 2.24) is 15.0 Å². The van der Waals surface area contributed by atoms with Crippen molar-refractivity contribution in [2.24, 2.45) is 0 Å². The van der Waals surface area contributed by atoms with E-state index in [-0.39, 0.29) is 0 Å². The van der Waals surface area contributed by atoms with Gasteiger partial charge in [0.05, 0.1) is 46.0 Å². The molecule has 0 atom stereocenters. The largest absolute Gasteiger partial charge is 0.453 e. The van der Waals surface area contributed by atoms with Crippen LogP contribution in [0.4, 0.5) is 51.2 Å². The van der Waals surface area contributed by atoms with Gasteiger partial charge in [0.1, 0.15) is 5.69 Å². The smallest absolute Gasteiger partial charge is 0.151 e. The van der Waals surface area contributed by atoms with Crippen LogP contribution in [-0.2, 0) is 0 Å². The number of para-hydroxylation sites is 9. The van der Waals surface area contributed by atoms with E-state index in [1.165, 1.54) is 0 Å². The summed E-state index contributed by atoms with van der Waals surface area (Å²) in [5.41, 5.74) is 12.3. The fourth-order valence-corrected chi connectivity index (χ4v) is 7.14. The van der Waals surface area contributed by atoms with Gasteiger partial charge in [-0.15, -0.1) is 5.10 Å². The van der Waals surface area contributed by atoms with Crippen LogP contribution in [0.2, 0.25) is 0 Å². The van der Waals surface area contributed by atoms with Crippen molar-refractivity contribution in [2.45, 2.75) is 0 Å². The molecule has 0 spiro atoms. The minimum atomic E-state index is 0.795. The molecule has 0 saturated carbocycles. The van der Waals surface area contributed by atoms with Gasteiger partial charge < -0.3 is 19.4 Å². The molecule has 0 aliphatic carbocycles. The summed E-state index contributed by atoms with van der Waals surface area (Å²) in [4.78, 5) is 6.89. The first kappa shape index (κ1) is 28.9. The summed E-state index contributed by atoms with van der Waals surface area (Å²) in [5, 5.41) is 9.15. The van der Waals surface area contributed by atoms with Gasteiger partial charge >= 0.3 is 0 Å². The van der Waals surface area contributed by atoms with Gasteiger partial charge in [0.25, 0.3) is 0 Å². The van der Waals surface area contributed by atoms with E-state index in [0.29, 0.717) is 0 Å². The van der Waals surface area contributed by atoms with Crippen LogP contribution in [0.25, 0.3) is 16.9 Å². The van der Waals surface area contributed by atoms with E-state index in [2.05, 4.69) is 158 Å². The van der Waals surface area contributed by atoms with Crippen molar-refractivity contribution in [1.29, 1.82) is 0 Å². The number of anilines is 9. The summed E-state index contributed by atoms with van der Waals surface area (Å²) in [6.45, 7) is 0. The highest BCUT2D eigenvalue weighted by Gasteiger charge is 2.30. The van der Waals surface area contributed by atoms with Crippen LogP contribution >= 0.6 is 0 Å². The van der Waals surface area contributed by atoms with Gasteiger partial charge in [0, 0.05) is 22.6 Å². The lowest BCUT2D eigenvalue weighted by atomic mass is 10.0. The summed E-state index contributed by atoms with van der Waals surface area (Å²) in [7, 11) is 0. The van der Waals surface area contributed by atoms with E-state index < -0.39 is 0 Å². The van der Waals surface area contributed by atoms with Crippen LogP contribution in [0.15, 0.2) is 182 Å². The number of rotatable bonds is 5. The molecule has 0 N–H and O–H groups in total. The fraction of sp³-hybridized carbons (Fsp3) is 0. The second kappa shape index (κ2) is 11.8. The van der Waals surface area contributed by atoms with Crippen LogP contribution in [0, 0.1) is 0 Å². The average Bonchev–Trinajstić information content (AvgIpc) is 3.70. The van der Waals surface area contributed by atoms with Gasteiger partial charge in [-0.3, -0.25) is 0 Å². The quantitative estimate of drug-likeness (QED) is 0.183. The van der Waals surface area contributed by atoms with E-state index in [0.717, 1.165) is 79.6 Å². The van der Waals surface area contributed by atoms with E-state index in [1.54, 1.807) is 0 Å². The Morgan fingerprint density at radius 3 is 1.41 bits per heavy atom. The SMILES string of the molecule is c1ccc(N2c3ccccc3N(c3ccc(-c4cn(-c5cccc(N6c7ccccc7Oc7ccccc76)c5)nn4)cc3)c3ccccc32)cc1. The van der Waals surface area contributed by atoms with Crippen LogP contribution < -0.4 is 19.4 Å². The molecular formula is C44H30N6O. The van der Waals surface area contributed by atoms with E-state index in [9.17, 15) is 0 Å². The van der Waals surface area contributed by atoms with Gasteiger partial charge in [-0.05, 0) is 91.0 Å². The molecule has 2 aliphatic rings. The lowest BCUT2D eigenvalue weighted by molar-refractivity contribution is 0.477. The fourth-order valence-electron chi connectivity index (χ4n) is 7.14. The Morgan fingerprint density at radius 1 is 0.373 bits per heavy atom. The lowest BCUT2D eigenvalue weighted by Crippen LogP contribution is -2.23. The Hall–Kier alpha value is -7.12. The summed E-state index contributed by atoms with van der Waals surface area (Å²) in [6, 6.07) is 60.8. The third-order valence-electron chi connectivity index (χ3n) is 9.44. The maximum Gasteiger partial charge on any atom is 0.151 e. The molecular weight excluding hydrogens is 629 g/mol. The zero-order valence-corrected chi connectivity index (χ0v) is 27.4. The number of hydrogen-bond acceptors (Lipinski definition) is 6. The first-order valence-corrected chi connectivity index (χ1v) is 16.9. The zero-order valence-electron chi connectivity index (χ0n) is 27.4. The predicted molar refractivity (Wildman–Crippen MR) is 204 cm³/mol. The number of fused-ring (bicyclic) bond motifs is 4. The maximum absolute atomic E-state index is 6.23. The molecule has 0 unspecified atom stereocenters. The number of ether oxygens (including phenoxy) is 1. The zero-order chi connectivity index (χ0) is 33.7. The highest BCUT2D eigenvalue weighted by Crippen LogP contribution is 2.54. The molecule has 0 fully saturated rings. The standard InChI is InChI=1S/C44H30N6O/c1-2-13-32(14-3-1)48-37-17-4-6-19-39(37)49(40-20-7-5-18-38(40)48)33-27-25-31(26-28-33)36-30-47(46-45-36)34-15-12-16-35(29-34)50-41-21-8-10-23-43(41)51-44-24-11-9-22-42(44)50/h1-30H. The minimum absolute atomic E-state index is 0.795. The normalized spacial score (nSPS) is 12.7. The molecule has 0 saturated heterocycles. The van der Waals surface area contributed by atoms with E-state index >= 15 is 0 Å². The minimum Gasteiger partial charge on any atom is -0.453 e. The van der Waals surface area contributed by atoms with Crippen LogP contribution in [-0.4, -0.2) is 15.0 Å². The maximum atomic E-state index is 6.23. The summed E-state index contributed by atoms with van der Waals surface area (Å²) in [6.07, 6.45) is 1.98. The van der Waals surface area contributed by atoms with Crippen molar-refractivity contribution in [3.63, 3.8) is 0 Å². The molecule has 2 aliphatic heterocycles. The molecule has 0 bridgehead atoms. The van der Waals surface area contributed by atoms with Gasteiger partial charge in [0.15, 0.2) is 11.5 Å². The molecule has 7 nitrogen and oxygen atoms in total. The number of hydrogen-bond donors (Lipinski definition) is 0. The average molecular weight is 659 g/mol. The van der Waals surface area contributed by atoms with E-state index in [1.807, 2.05) is 53.3 Å². The molecule has 8 aromatic rings. The summed E-state index contributed by atoms with van der Waals surface area (Å²) < 4.78 is 8.06. The monoisotopic (exact) mass is 658 g/mol. The highest BCUT2D eigenvalue weighted by molar-refractivity contribution is 6.01. The first-order chi connectivity index (χ1) is 25.3. The molecule has 3 heterocycles. The second-order valence-corrected chi connectivity index (χ2v) is 12.5. The van der Waals surface area contributed by atoms with Gasteiger partial charge in [-0.1, -0.05) is 90.1 Å². The Kier molecular flexibility index (Phi) is 6.67. The third-order valence-corrected chi connectivity index (χ3v) is 9.44. The van der Waals surface area contributed by atoms with Crippen molar-refractivity contribution in [3.05, 3.63) is 182 Å². The lowest BCUT2D eigenvalue weighted by Gasteiger charge is -2.40. The second-order valence-electron chi connectivity index (χ2n) is 12.5. The Labute approximate surface area is 295 Å². The van der Waals surface area contributed by atoms with Gasteiger partial charge in [-0.25, -0.2) is 4.68 Å². The number of benzene rings is 7. The summed E-state index contributed by atoms with van der Waals surface area (Å²) in [5.74, 6) is 1.64. The third kappa shape index (κ3) is 4.82. The van der Waals surface area contributed by atoms with Crippen LogP contribution in [0.1, 0.15) is 0 Å². The van der Waals surface area contributed by atoms with Crippen molar-refractivity contribution >= 4 is 51.2 Å². The van der Waals surface area contributed by atoms with Crippen molar-refractivity contribution < 1.29 is 4.74 Å². The van der Waals surface area contributed by atoms with Crippen molar-refractivity contribution in [2.75, 3.05) is 14.7 Å². The molecule has 51 heavy (non-hydrogen) atoms. The first-order valence-electron chi connectivity index (χ1n) is 16.9. The van der Waals surface area contributed by atoms with Gasteiger partial charge in [0.2, 0.25) is 0 Å². The molecule has 10 rings (SSSR count). The number of nitrogens with zero attached hydrogens (tertiary/aromatic N) is 6. The molecule has 7 aromatic carbocycles. The van der Waals surface area contributed by atoms with Gasteiger partial charge in [-0.2, -0.15) is 0 Å². The van der Waals surface area contributed by atoms with Crippen LogP contribution in [0.3, 0.4) is 0 Å². The van der Waals surface area contributed by atoms with E-state index in [4.69, 9.17) is 4.74 Å². The molecule has 0 radical (unpaired) electrons.